The van der Waals surface area contributed by atoms with Crippen LogP contribution in [0.4, 0.5) is 4.39 Å². The van der Waals surface area contributed by atoms with Crippen molar-refractivity contribution in [2.24, 2.45) is 0 Å². The third-order valence-corrected chi connectivity index (χ3v) is 3.96. The molecule has 2 aromatic carbocycles. The van der Waals surface area contributed by atoms with Crippen molar-refractivity contribution in [1.82, 2.24) is 4.90 Å². The maximum Gasteiger partial charge on any atom is 0.268 e. The molecule has 3 nitrogen and oxygen atoms in total. The monoisotopic (exact) mass is 297 g/mol. The number of Topliss-reactive ketones (excluding diaryl/α,β-unsaturated/α-hetero) is 1. The van der Waals surface area contributed by atoms with Gasteiger partial charge in [-0.05, 0) is 5.56 Å². The van der Waals surface area contributed by atoms with Gasteiger partial charge in [0.05, 0.1) is 0 Å². The molecule has 0 spiro atoms. The SMILES string of the molecule is O=C(c1ccccc1)C1(F)CCN(Cc2ccccc2)C1=O. The molecule has 1 aliphatic rings. The summed E-state index contributed by atoms with van der Waals surface area (Å²) in [7, 11) is 0. The molecule has 22 heavy (non-hydrogen) atoms. The fourth-order valence-corrected chi connectivity index (χ4v) is 2.73. The van der Waals surface area contributed by atoms with Gasteiger partial charge >= 0.3 is 0 Å². The molecular formula is C18H16FNO2. The van der Waals surface area contributed by atoms with Crippen LogP contribution in [0.2, 0.25) is 0 Å². The van der Waals surface area contributed by atoms with E-state index in [1.807, 2.05) is 30.3 Å². The minimum atomic E-state index is -2.43. The minimum absolute atomic E-state index is 0.0909. The van der Waals surface area contributed by atoms with E-state index in [1.54, 1.807) is 18.2 Å². The Morgan fingerprint density at radius 1 is 1.05 bits per heavy atom. The van der Waals surface area contributed by atoms with Crippen LogP contribution in [0, 0.1) is 0 Å². The van der Waals surface area contributed by atoms with Gasteiger partial charge in [0.2, 0.25) is 5.78 Å². The molecule has 0 bridgehead atoms. The van der Waals surface area contributed by atoms with Crippen LogP contribution in [0.25, 0.3) is 0 Å². The standard InChI is InChI=1S/C18H16FNO2/c19-18(16(21)15-9-5-2-6-10-15)11-12-20(17(18)22)13-14-7-3-1-4-8-14/h1-10H,11-13H2. The second-order valence-electron chi connectivity index (χ2n) is 5.46. The smallest absolute Gasteiger partial charge is 0.268 e. The van der Waals surface area contributed by atoms with E-state index in [4.69, 9.17) is 0 Å². The molecule has 0 N–H and O–H groups in total. The molecule has 2 aromatic rings. The van der Waals surface area contributed by atoms with E-state index >= 15 is 0 Å². The predicted octanol–water partition coefficient (Wildman–Crippen LogP) is 3.01. The lowest BCUT2D eigenvalue weighted by molar-refractivity contribution is -0.135. The zero-order valence-corrected chi connectivity index (χ0v) is 12.0. The van der Waals surface area contributed by atoms with Crippen LogP contribution in [-0.2, 0) is 11.3 Å². The number of ketones is 1. The molecule has 0 saturated carbocycles. The van der Waals surface area contributed by atoms with Gasteiger partial charge in [-0.3, -0.25) is 9.59 Å². The summed E-state index contributed by atoms with van der Waals surface area (Å²) in [6.07, 6.45) is -0.0909. The van der Waals surface area contributed by atoms with Gasteiger partial charge in [0, 0.05) is 25.1 Å². The highest BCUT2D eigenvalue weighted by molar-refractivity contribution is 6.17. The van der Waals surface area contributed by atoms with Crippen molar-refractivity contribution in [2.75, 3.05) is 6.54 Å². The Morgan fingerprint density at radius 2 is 1.64 bits per heavy atom. The lowest BCUT2D eigenvalue weighted by atomic mass is 9.93. The summed E-state index contributed by atoms with van der Waals surface area (Å²) in [5.74, 6) is -1.47. The lowest BCUT2D eigenvalue weighted by Crippen LogP contribution is -2.42. The summed E-state index contributed by atoms with van der Waals surface area (Å²) in [6.45, 7) is 0.580. The maximum atomic E-state index is 15.0. The normalized spacial score (nSPS) is 21.1. The Kier molecular flexibility index (Phi) is 3.75. The summed E-state index contributed by atoms with van der Waals surface area (Å²) in [6, 6.07) is 17.5. The minimum Gasteiger partial charge on any atom is -0.335 e. The maximum absolute atomic E-state index is 15.0. The number of hydrogen-bond donors (Lipinski definition) is 0. The summed E-state index contributed by atoms with van der Waals surface area (Å²) >= 11 is 0. The van der Waals surface area contributed by atoms with Crippen molar-refractivity contribution in [1.29, 1.82) is 0 Å². The van der Waals surface area contributed by atoms with Crippen LogP contribution >= 0.6 is 0 Å². The van der Waals surface area contributed by atoms with Crippen LogP contribution < -0.4 is 0 Å². The van der Waals surface area contributed by atoms with Crippen LogP contribution in [0.5, 0.6) is 0 Å². The van der Waals surface area contributed by atoms with Gasteiger partial charge in [-0.15, -0.1) is 0 Å². The van der Waals surface area contributed by atoms with Crippen LogP contribution in [0.3, 0.4) is 0 Å². The Labute approximate surface area is 128 Å². The van der Waals surface area contributed by atoms with Crippen molar-refractivity contribution >= 4 is 11.7 Å². The van der Waals surface area contributed by atoms with Gasteiger partial charge < -0.3 is 4.90 Å². The molecule has 1 atom stereocenters. The Morgan fingerprint density at radius 3 is 2.27 bits per heavy atom. The molecule has 3 rings (SSSR count). The molecule has 4 heteroatoms. The zero-order valence-electron chi connectivity index (χ0n) is 12.0. The number of rotatable bonds is 4. The molecule has 1 amide bonds. The fourth-order valence-electron chi connectivity index (χ4n) is 2.73. The van der Waals surface area contributed by atoms with Gasteiger partial charge in [-0.25, -0.2) is 4.39 Å². The molecule has 1 fully saturated rings. The Balaban J connectivity index is 1.79. The van der Waals surface area contributed by atoms with Crippen molar-refractivity contribution in [3.63, 3.8) is 0 Å². The summed E-state index contributed by atoms with van der Waals surface area (Å²) in [5, 5.41) is 0. The third kappa shape index (κ3) is 2.52. The average molecular weight is 297 g/mol. The number of likely N-dealkylation sites (tertiary alicyclic amines) is 1. The molecule has 0 aromatic heterocycles. The van der Waals surface area contributed by atoms with Crippen LogP contribution in [0.1, 0.15) is 22.3 Å². The highest BCUT2D eigenvalue weighted by atomic mass is 19.1. The first kappa shape index (κ1) is 14.4. The summed E-state index contributed by atoms with van der Waals surface area (Å²) in [4.78, 5) is 26.1. The number of benzene rings is 2. The highest BCUT2D eigenvalue weighted by Gasteiger charge is 2.53. The first-order valence-electron chi connectivity index (χ1n) is 7.23. The fraction of sp³-hybridized carbons (Fsp3) is 0.222. The van der Waals surface area contributed by atoms with Crippen molar-refractivity contribution < 1.29 is 14.0 Å². The van der Waals surface area contributed by atoms with E-state index in [0.717, 1.165) is 5.56 Å². The van der Waals surface area contributed by atoms with Gasteiger partial charge in [0.25, 0.3) is 11.6 Å². The van der Waals surface area contributed by atoms with E-state index in [2.05, 4.69) is 0 Å². The second kappa shape index (κ2) is 5.72. The van der Waals surface area contributed by atoms with Crippen LogP contribution in [-0.4, -0.2) is 28.8 Å². The average Bonchev–Trinajstić information content (AvgIpc) is 2.85. The molecule has 0 radical (unpaired) electrons. The zero-order chi connectivity index (χ0) is 15.6. The quantitative estimate of drug-likeness (QED) is 0.642. The molecule has 1 saturated heterocycles. The van der Waals surface area contributed by atoms with E-state index in [1.165, 1.54) is 17.0 Å². The number of carbonyl (C=O) groups is 2. The first-order chi connectivity index (χ1) is 10.6. The predicted molar refractivity (Wildman–Crippen MR) is 81.1 cm³/mol. The van der Waals surface area contributed by atoms with E-state index in [9.17, 15) is 14.0 Å². The third-order valence-electron chi connectivity index (χ3n) is 3.96. The van der Waals surface area contributed by atoms with Crippen molar-refractivity contribution in [3.05, 3.63) is 71.8 Å². The second-order valence-corrected chi connectivity index (χ2v) is 5.46. The number of hydrogen-bond acceptors (Lipinski definition) is 2. The summed E-state index contributed by atoms with van der Waals surface area (Å²) in [5.41, 5.74) is -1.27. The molecule has 1 unspecified atom stereocenters. The van der Waals surface area contributed by atoms with Crippen molar-refractivity contribution in [2.45, 2.75) is 18.6 Å². The number of amides is 1. The van der Waals surface area contributed by atoms with Crippen molar-refractivity contribution in [3.8, 4) is 0 Å². The molecule has 112 valence electrons. The van der Waals surface area contributed by atoms with Gasteiger partial charge in [0.15, 0.2) is 0 Å². The number of alkyl halides is 1. The van der Waals surface area contributed by atoms with Gasteiger partial charge in [0.1, 0.15) is 0 Å². The van der Waals surface area contributed by atoms with E-state index in [0.29, 0.717) is 6.54 Å². The lowest BCUT2D eigenvalue weighted by Gasteiger charge is -2.19. The first-order valence-corrected chi connectivity index (χ1v) is 7.23. The largest absolute Gasteiger partial charge is 0.335 e. The molecular weight excluding hydrogens is 281 g/mol. The Bertz CT molecular complexity index is 687. The van der Waals surface area contributed by atoms with Crippen LogP contribution in [0.15, 0.2) is 60.7 Å². The van der Waals surface area contributed by atoms with Gasteiger partial charge in [-0.1, -0.05) is 60.7 Å². The number of carbonyl (C=O) groups excluding carboxylic acids is 2. The number of halogens is 1. The number of nitrogens with zero attached hydrogens (tertiary/aromatic N) is 1. The van der Waals surface area contributed by atoms with Gasteiger partial charge in [-0.2, -0.15) is 0 Å². The molecule has 1 heterocycles. The Hall–Kier alpha value is -2.49. The molecule has 0 aliphatic carbocycles. The van der Waals surface area contributed by atoms with E-state index in [-0.39, 0.29) is 18.5 Å². The topological polar surface area (TPSA) is 37.4 Å². The molecule has 1 aliphatic heterocycles. The van der Waals surface area contributed by atoms with E-state index < -0.39 is 17.4 Å². The summed E-state index contributed by atoms with van der Waals surface area (Å²) < 4.78 is 15.0. The highest BCUT2D eigenvalue weighted by Crippen LogP contribution is 2.31.